The van der Waals surface area contributed by atoms with Gasteiger partial charge in [0.15, 0.2) is 11.5 Å². The molecule has 8 heteroatoms. The fourth-order valence-corrected chi connectivity index (χ4v) is 4.59. The maximum atomic E-state index is 12.9. The molecule has 0 unspecified atom stereocenters. The van der Waals surface area contributed by atoms with Gasteiger partial charge in [0, 0.05) is 5.69 Å². The molecule has 3 aromatic rings. The van der Waals surface area contributed by atoms with Gasteiger partial charge in [-0.1, -0.05) is 54.6 Å². The van der Waals surface area contributed by atoms with E-state index >= 15 is 0 Å². The summed E-state index contributed by atoms with van der Waals surface area (Å²) in [4.78, 5) is 39.2. The number of thioether (sulfide) groups is 1. The van der Waals surface area contributed by atoms with E-state index in [1.165, 1.54) is 7.11 Å². The second kappa shape index (κ2) is 11.1. The number of para-hydroxylation sites is 1. The van der Waals surface area contributed by atoms with Gasteiger partial charge in [-0.05, 0) is 66.1 Å². The Bertz CT molecular complexity index is 1320. The lowest BCUT2D eigenvalue weighted by atomic mass is 10.1. The zero-order valence-electron chi connectivity index (χ0n) is 20.2. The van der Waals surface area contributed by atoms with Gasteiger partial charge in [-0.25, -0.2) is 0 Å². The van der Waals surface area contributed by atoms with E-state index in [9.17, 15) is 14.4 Å². The fourth-order valence-electron chi connectivity index (χ4n) is 3.75. The van der Waals surface area contributed by atoms with Gasteiger partial charge in [0.05, 0.1) is 12.0 Å². The zero-order chi connectivity index (χ0) is 25.7. The summed E-state index contributed by atoms with van der Waals surface area (Å²) in [5, 5.41) is 2.32. The lowest BCUT2D eigenvalue weighted by Gasteiger charge is -2.15. The van der Waals surface area contributed by atoms with Gasteiger partial charge in [-0.2, -0.15) is 0 Å². The first-order chi connectivity index (χ1) is 17.4. The SMILES string of the molecule is COc1cc(/C=C2/SC(=O)N(CC(=O)Nc3c(C)cccc3C)C2=O)ccc1OCc1ccccc1. The molecule has 3 aromatic carbocycles. The van der Waals surface area contributed by atoms with Crippen molar-refractivity contribution in [1.82, 2.24) is 4.90 Å². The van der Waals surface area contributed by atoms with Crippen LogP contribution in [0.5, 0.6) is 11.5 Å². The molecule has 0 atom stereocenters. The molecule has 0 saturated carbocycles. The Morgan fingerprint density at radius 3 is 2.39 bits per heavy atom. The Morgan fingerprint density at radius 2 is 1.69 bits per heavy atom. The molecule has 7 nitrogen and oxygen atoms in total. The predicted molar refractivity (Wildman–Crippen MR) is 141 cm³/mol. The summed E-state index contributed by atoms with van der Waals surface area (Å²) >= 11 is 0.803. The van der Waals surface area contributed by atoms with E-state index in [0.29, 0.717) is 29.4 Å². The van der Waals surface area contributed by atoms with Crippen LogP contribution in [-0.4, -0.2) is 35.6 Å². The van der Waals surface area contributed by atoms with Crippen molar-refractivity contribution in [2.45, 2.75) is 20.5 Å². The second-order valence-electron chi connectivity index (χ2n) is 8.27. The van der Waals surface area contributed by atoms with Crippen LogP contribution in [0.25, 0.3) is 6.08 Å². The van der Waals surface area contributed by atoms with Crippen LogP contribution < -0.4 is 14.8 Å². The number of methoxy groups -OCH3 is 1. The molecule has 0 spiro atoms. The van der Waals surface area contributed by atoms with Crippen LogP contribution in [0.15, 0.2) is 71.6 Å². The Balaban J connectivity index is 1.44. The summed E-state index contributed by atoms with van der Waals surface area (Å²) in [7, 11) is 1.54. The average molecular weight is 503 g/mol. The molecule has 0 bridgehead atoms. The molecule has 1 heterocycles. The summed E-state index contributed by atoms with van der Waals surface area (Å²) in [6.07, 6.45) is 1.61. The highest BCUT2D eigenvalue weighted by molar-refractivity contribution is 8.18. The number of nitrogens with one attached hydrogen (secondary N) is 1. The van der Waals surface area contributed by atoms with Gasteiger partial charge in [-0.3, -0.25) is 19.3 Å². The van der Waals surface area contributed by atoms with E-state index in [-0.39, 0.29) is 11.4 Å². The number of benzene rings is 3. The van der Waals surface area contributed by atoms with Crippen LogP contribution in [0.2, 0.25) is 0 Å². The van der Waals surface area contributed by atoms with Gasteiger partial charge in [0.1, 0.15) is 13.2 Å². The highest BCUT2D eigenvalue weighted by Crippen LogP contribution is 2.35. The van der Waals surface area contributed by atoms with E-state index in [0.717, 1.165) is 33.4 Å². The van der Waals surface area contributed by atoms with Crippen molar-refractivity contribution in [3.8, 4) is 11.5 Å². The summed E-state index contributed by atoms with van der Waals surface area (Å²) in [6.45, 7) is 3.81. The lowest BCUT2D eigenvalue weighted by Crippen LogP contribution is -2.36. The third-order valence-corrected chi connectivity index (χ3v) is 6.55. The van der Waals surface area contributed by atoms with E-state index in [2.05, 4.69) is 5.32 Å². The van der Waals surface area contributed by atoms with E-state index < -0.39 is 17.1 Å². The molecule has 1 saturated heterocycles. The van der Waals surface area contributed by atoms with E-state index in [1.54, 1.807) is 24.3 Å². The third-order valence-electron chi connectivity index (χ3n) is 5.64. The topological polar surface area (TPSA) is 84.9 Å². The van der Waals surface area contributed by atoms with Crippen LogP contribution in [0.4, 0.5) is 10.5 Å². The van der Waals surface area contributed by atoms with Crippen molar-refractivity contribution < 1.29 is 23.9 Å². The Labute approximate surface area is 214 Å². The van der Waals surface area contributed by atoms with Crippen LogP contribution in [-0.2, 0) is 16.2 Å². The maximum Gasteiger partial charge on any atom is 0.294 e. The molecule has 4 rings (SSSR count). The molecule has 3 amide bonds. The minimum atomic E-state index is -0.509. The summed E-state index contributed by atoms with van der Waals surface area (Å²) in [6, 6.07) is 20.7. The Morgan fingerprint density at radius 1 is 0.972 bits per heavy atom. The number of hydrogen-bond acceptors (Lipinski definition) is 6. The molecule has 0 aromatic heterocycles. The van der Waals surface area contributed by atoms with Gasteiger partial charge < -0.3 is 14.8 Å². The first kappa shape index (κ1) is 25.1. The number of aryl methyl sites for hydroxylation is 2. The van der Waals surface area contributed by atoms with Gasteiger partial charge in [0.25, 0.3) is 11.1 Å². The molecule has 0 aliphatic carbocycles. The summed E-state index contributed by atoms with van der Waals surface area (Å²) in [5.74, 6) is 0.129. The molecule has 36 heavy (non-hydrogen) atoms. The highest BCUT2D eigenvalue weighted by Gasteiger charge is 2.36. The first-order valence-corrected chi connectivity index (χ1v) is 12.1. The number of rotatable bonds is 8. The van der Waals surface area contributed by atoms with Crippen molar-refractivity contribution in [2.75, 3.05) is 19.0 Å². The number of anilines is 1. The number of imide groups is 1. The van der Waals surface area contributed by atoms with E-state index in [1.807, 2.05) is 62.4 Å². The predicted octanol–water partition coefficient (Wildman–Crippen LogP) is 5.57. The Hall–Kier alpha value is -4.04. The molecule has 1 aliphatic rings. The first-order valence-electron chi connectivity index (χ1n) is 11.3. The molecule has 0 radical (unpaired) electrons. The van der Waals surface area contributed by atoms with Crippen LogP contribution in [0.1, 0.15) is 22.3 Å². The largest absolute Gasteiger partial charge is 0.493 e. The average Bonchev–Trinajstić information content (AvgIpc) is 3.13. The Kier molecular flexibility index (Phi) is 7.75. The number of ether oxygens (including phenoxy) is 2. The van der Waals surface area contributed by atoms with Crippen LogP contribution in [0.3, 0.4) is 0 Å². The third kappa shape index (κ3) is 5.78. The quantitative estimate of drug-likeness (QED) is 0.406. The number of carbonyl (C=O) groups excluding carboxylic acids is 3. The number of nitrogens with zero attached hydrogens (tertiary/aromatic N) is 1. The second-order valence-corrected chi connectivity index (χ2v) is 9.26. The highest BCUT2D eigenvalue weighted by atomic mass is 32.2. The number of hydrogen-bond donors (Lipinski definition) is 1. The van der Waals surface area contributed by atoms with Crippen molar-refractivity contribution >= 4 is 40.6 Å². The molecular formula is C28H26N2O5S. The standard InChI is InChI=1S/C28H26N2O5S/c1-18-8-7-9-19(2)26(18)29-25(31)16-30-27(32)24(36-28(30)33)15-21-12-13-22(23(14-21)34-3)35-17-20-10-5-4-6-11-20/h4-15H,16-17H2,1-3H3,(H,29,31)/b24-15+. The molecule has 1 aliphatic heterocycles. The van der Waals surface area contributed by atoms with Crippen molar-refractivity contribution in [1.29, 1.82) is 0 Å². The normalized spacial score (nSPS) is 14.3. The number of amides is 3. The van der Waals surface area contributed by atoms with Gasteiger partial charge in [0.2, 0.25) is 5.91 Å². The molecular weight excluding hydrogens is 476 g/mol. The minimum absolute atomic E-state index is 0.236. The zero-order valence-corrected chi connectivity index (χ0v) is 21.1. The van der Waals surface area contributed by atoms with Gasteiger partial charge in [-0.15, -0.1) is 0 Å². The lowest BCUT2D eigenvalue weighted by molar-refractivity contribution is -0.127. The van der Waals surface area contributed by atoms with Crippen molar-refractivity contribution in [2.24, 2.45) is 0 Å². The molecule has 1 N–H and O–H groups in total. The van der Waals surface area contributed by atoms with Crippen molar-refractivity contribution in [3.05, 3.63) is 93.9 Å². The number of carbonyl (C=O) groups is 3. The monoisotopic (exact) mass is 502 g/mol. The molecule has 184 valence electrons. The summed E-state index contributed by atoms with van der Waals surface area (Å²) < 4.78 is 11.3. The summed E-state index contributed by atoms with van der Waals surface area (Å²) in [5.41, 5.74) is 4.19. The molecule has 1 fully saturated rings. The minimum Gasteiger partial charge on any atom is -0.493 e. The maximum absolute atomic E-state index is 12.9. The van der Waals surface area contributed by atoms with Crippen molar-refractivity contribution in [3.63, 3.8) is 0 Å². The van der Waals surface area contributed by atoms with Crippen LogP contribution >= 0.6 is 11.8 Å². The van der Waals surface area contributed by atoms with E-state index in [4.69, 9.17) is 9.47 Å². The van der Waals surface area contributed by atoms with Gasteiger partial charge >= 0.3 is 0 Å². The fraction of sp³-hybridized carbons (Fsp3) is 0.179. The smallest absolute Gasteiger partial charge is 0.294 e. The van der Waals surface area contributed by atoms with Crippen LogP contribution in [0, 0.1) is 13.8 Å².